The Morgan fingerprint density at radius 1 is 1.07 bits per heavy atom. The van der Waals surface area contributed by atoms with Crippen molar-refractivity contribution in [2.75, 3.05) is 45.6 Å². The summed E-state index contributed by atoms with van der Waals surface area (Å²) in [6.07, 6.45) is 6.33. The van der Waals surface area contributed by atoms with E-state index in [1.54, 1.807) is 9.42 Å². The second kappa shape index (κ2) is 11.3. The molecule has 0 saturated carbocycles. The van der Waals surface area contributed by atoms with Crippen LogP contribution in [0.25, 0.3) is 11.2 Å². The molecule has 0 radical (unpaired) electrons. The maximum atomic E-state index is 13.0. The highest BCUT2D eigenvalue weighted by Gasteiger charge is 2.26. The van der Waals surface area contributed by atoms with Crippen LogP contribution in [0.5, 0.6) is 0 Å². The Kier molecular flexibility index (Phi) is 7.80. The summed E-state index contributed by atoms with van der Waals surface area (Å²) in [5, 5.41) is 7.87. The number of amides is 2. The number of anilines is 2. The van der Waals surface area contributed by atoms with Crippen molar-refractivity contribution in [3.63, 3.8) is 0 Å². The molecule has 212 valence electrons. The number of ether oxygens (including phenoxy) is 1. The van der Waals surface area contributed by atoms with Gasteiger partial charge in [0.1, 0.15) is 5.60 Å². The molecule has 5 rings (SSSR count). The standard InChI is InChI=1S/C30H39N7O3/c1-30(2,3)40-29(39)36-19-12-21(13-20-36)25-7-6-16-37-26(25)32-28(33-37)31-23-10-8-22(9-11-23)27(38)35(5)24-14-17-34(4)18-15-24/h6-12,16,24H,13-15,17-20H2,1-5H3,(H,31,33). The van der Waals surface area contributed by atoms with E-state index in [4.69, 9.17) is 9.72 Å². The highest BCUT2D eigenvalue weighted by atomic mass is 16.6. The predicted octanol–water partition coefficient (Wildman–Crippen LogP) is 4.66. The van der Waals surface area contributed by atoms with Crippen LogP contribution in [0.1, 0.15) is 56.0 Å². The molecule has 1 saturated heterocycles. The lowest BCUT2D eigenvalue weighted by atomic mass is 10.0. The van der Waals surface area contributed by atoms with E-state index in [0.717, 1.165) is 48.4 Å². The van der Waals surface area contributed by atoms with Crippen LogP contribution in [-0.2, 0) is 4.74 Å². The second-order valence-corrected chi connectivity index (χ2v) is 11.7. The number of benzene rings is 1. The molecular formula is C30H39N7O3. The van der Waals surface area contributed by atoms with Crippen LogP contribution >= 0.6 is 0 Å². The van der Waals surface area contributed by atoms with Gasteiger partial charge < -0.3 is 24.8 Å². The average Bonchev–Trinajstić information content (AvgIpc) is 3.35. The van der Waals surface area contributed by atoms with E-state index in [1.165, 1.54) is 0 Å². The first kappa shape index (κ1) is 27.6. The van der Waals surface area contributed by atoms with Gasteiger partial charge in [0.15, 0.2) is 5.65 Å². The van der Waals surface area contributed by atoms with Gasteiger partial charge in [0.25, 0.3) is 5.91 Å². The molecule has 0 aliphatic carbocycles. The smallest absolute Gasteiger partial charge is 0.410 e. The Bertz CT molecular complexity index is 1400. The van der Waals surface area contributed by atoms with Gasteiger partial charge in [-0.3, -0.25) is 4.79 Å². The minimum atomic E-state index is -0.518. The van der Waals surface area contributed by atoms with E-state index in [1.807, 2.05) is 75.3 Å². The fourth-order valence-electron chi connectivity index (χ4n) is 5.19. The van der Waals surface area contributed by atoms with Crippen molar-refractivity contribution in [3.05, 3.63) is 59.8 Å². The number of carbonyl (C=O) groups is 2. The summed E-state index contributed by atoms with van der Waals surface area (Å²) in [5.41, 5.74) is 3.82. The third kappa shape index (κ3) is 6.28. The summed E-state index contributed by atoms with van der Waals surface area (Å²) < 4.78 is 7.27. The van der Waals surface area contributed by atoms with Gasteiger partial charge in [0.05, 0.1) is 0 Å². The SMILES string of the molecule is CN1CCC(N(C)C(=O)c2ccc(Nc3nc4c(C5=CCN(C(=O)OC(C)(C)C)CC5)cccn4n3)cc2)CC1. The molecule has 1 N–H and O–H groups in total. The fourth-order valence-corrected chi connectivity index (χ4v) is 5.19. The molecule has 3 aromatic rings. The van der Waals surface area contributed by atoms with Crippen LogP contribution in [0.3, 0.4) is 0 Å². The first-order valence-electron chi connectivity index (χ1n) is 13.9. The molecule has 0 atom stereocenters. The third-order valence-electron chi connectivity index (χ3n) is 7.51. The topological polar surface area (TPSA) is 95.3 Å². The summed E-state index contributed by atoms with van der Waals surface area (Å²) in [4.78, 5) is 36.1. The number of nitrogens with one attached hydrogen (secondary N) is 1. The molecule has 10 heteroatoms. The largest absolute Gasteiger partial charge is 0.444 e. The van der Waals surface area contributed by atoms with Gasteiger partial charge in [-0.15, -0.1) is 5.10 Å². The van der Waals surface area contributed by atoms with Crippen LogP contribution < -0.4 is 5.32 Å². The minimum Gasteiger partial charge on any atom is -0.444 e. The quantitative estimate of drug-likeness (QED) is 0.498. The number of hydrogen-bond donors (Lipinski definition) is 1. The minimum absolute atomic E-state index is 0.0441. The first-order chi connectivity index (χ1) is 19.1. The molecule has 1 fully saturated rings. The Labute approximate surface area is 235 Å². The number of piperidine rings is 1. The zero-order valence-electron chi connectivity index (χ0n) is 24.1. The molecule has 2 amide bonds. The molecule has 40 heavy (non-hydrogen) atoms. The summed E-state index contributed by atoms with van der Waals surface area (Å²) >= 11 is 0. The molecule has 2 aromatic heterocycles. The van der Waals surface area contributed by atoms with Crippen molar-refractivity contribution in [2.24, 2.45) is 0 Å². The van der Waals surface area contributed by atoms with E-state index in [0.29, 0.717) is 31.0 Å². The van der Waals surface area contributed by atoms with Crippen LogP contribution in [0.4, 0.5) is 16.4 Å². The van der Waals surface area contributed by atoms with E-state index >= 15 is 0 Å². The Hall–Kier alpha value is -3.92. The van der Waals surface area contributed by atoms with Crippen LogP contribution in [0.15, 0.2) is 48.7 Å². The normalized spacial score (nSPS) is 17.0. The zero-order chi connectivity index (χ0) is 28.4. The van der Waals surface area contributed by atoms with Gasteiger partial charge in [-0.1, -0.05) is 6.08 Å². The summed E-state index contributed by atoms with van der Waals surface area (Å²) in [6, 6.07) is 11.7. The van der Waals surface area contributed by atoms with Crippen molar-refractivity contribution >= 4 is 34.9 Å². The lowest BCUT2D eigenvalue weighted by Crippen LogP contribution is -2.44. The number of hydrogen-bond acceptors (Lipinski definition) is 7. The van der Waals surface area contributed by atoms with E-state index in [-0.39, 0.29) is 18.0 Å². The highest BCUT2D eigenvalue weighted by Crippen LogP contribution is 2.27. The fraction of sp³-hybridized carbons (Fsp3) is 0.467. The molecule has 10 nitrogen and oxygen atoms in total. The number of likely N-dealkylation sites (tertiary alicyclic amines) is 1. The number of aromatic nitrogens is 3. The lowest BCUT2D eigenvalue weighted by Gasteiger charge is -2.35. The molecule has 0 unspecified atom stereocenters. The molecule has 2 aliphatic heterocycles. The van der Waals surface area contributed by atoms with Crippen molar-refractivity contribution in [1.29, 1.82) is 0 Å². The van der Waals surface area contributed by atoms with Crippen LogP contribution in [0, 0.1) is 0 Å². The number of fused-ring (bicyclic) bond motifs is 1. The molecular weight excluding hydrogens is 506 g/mol. The van der Waals surface area contributed by atoms with E-state index < -0.39 is 5.60 Å². The Morgan fingerprint density at radius 2 is 1.80 bits per heavy atom. The number of carbonyl (C=O) groups excluding carboxylic acids is 2. The van der Waals surface area contributed by atoms with Crippen molar-refractivity contribution < 1.29 is 14.3 Å². The number of pyridine rings is 1. The third-order valence-corrected chi connectivity index (χ3v) is 7.51. The average molecular weight is 546 g/mol. The van der Waals surface area contributed by atoms with Gasteiger partial charge in [-0.2, -0.15) is 4.98 Å². The molecule has 0 spiro atoms. The summed E-state index contributed by atoms with van der Waals surface area (Å²) in [6.45, 7) is 8.72. The van der Waals surface area contributed by atoms with E-state index in [2.05, 4.69) is 28.4 Å². The van der Waals surface area contributed by atoms with Crippen LogP contribution in [-0.4, -0.2) is 93.2 Å². The Morgan fingerprint density at radius 3 is 2.45 bits per heavy atom. The predicted molar refractivity (Wildman–Crippen MR) is 156 cm³/mol. The monoisotopic (exact) mass is 545 g/mol. The molecule has 1 aromatic carbocycles. The summed E-state index contributed by atoms with van der Waals surface area (Å²) in [7, 11) is 4.02. The summed E-state index contributed by atoms with van der Waals surface area (Å²) in [5.74, 6) is 0.518. The molecule has 0 bridgehead atoms. The Balaban J connectivity index is 1.25. The van der Waals surface area contributed by atoms with Gasteiger partial charge in [0, 0.05) is 49.2 Å². The van der Waals surface area contributed by atoms with Gasteiger partial charge in [-0.25, -0.2) is 9.31 Å². The van der Waals surface area contributed by atoms with Gasteiger partial charge in [0.2, 0.25) is 5.95 Å². The zero-order valence-corrected chi connectivity index (χ0v) is 24.1. The lowest BCUT2D eigenvalue weighted by molar-refractivity contribution is 0.0270. The van der Waals surface area contributed by atoms with Crippen LogP contribution in [0.2, 0.25) is 0 Å². The van der Waals surface area contributed by atoms with Crippen molar-refractivity contribution in [1.82, 2.24) is 29.3 Å². The molecule has 4 heterocycles. The highest BCUT2D eigenvalue weighted by molar-refractivity contribution is 5.94. The van der Waals surface area contributed by atoms with Crippen molar-refractivity contribution in [2.45, 2.75) is 51.7 Å². The second-order valence-electron chi connectivity index (χ2n) is 11.7. The van der Waals surface area contributed by atoms with Crippen molar-refractivity contribution in [3.8, 4) is 0 Å². The number of nitrogens with zero attached hydrogens (tertiary/aromatic N) is 6. The maximum Gasteiger partial charge on any atom is 0.410 e. The van der Waals surface area contributed by atoms with Gasteiger partial charge >= 0.3 is 6.09 Å². The van der Waals surface area contributed by atoms with E-state index in [9.17, 15) is 9.59 Å². The maximum absolute atomic E-state index is 13.0. The van der Waals surface area contributed by atoms with Gasteiger partial charge in [-0.05, 0) is 102 Å². The first-order valence-corrected chi connectivity index (χ1v) is 13.9. The molecule has 2 aliphatic rings. The number of rotatable bonds is 5.